The first kappa shape index (κ1) is 24.4. The van der Waals surface area contributed by atoms with E-state index in [4.69, 9.17) is 9.15 Å². The predicted molar refractivity (Wildman–Crippen MR) is 120 cm³/mol. The summed E-state index contributed by atoms with van der Waals surface area (Å²) in [5.74, 6) is -1.09. The van der Waals surface area contributed by atoms with Crippen molar-refractivity contribution in [2.24, 2.45) is 5.92 Å². The lowest BCUT2D eigenvalue weighted by molar-refractivity contribution is -0.142. The number of amides is 1. The molecule has 2 N–H and O–H groups in total. The van der Waals surface area contributed by atoms with Crippen molar-refractivity contribution in [3.8, 4) is 5.75 Å². The van der Waals surface area contributed by atoms with Crippen LogP contribution in [0.5, 0.6) is 5.75 Å². The molecule has 1 unspecified atom stereocenters. The fraction of sp³-hybridized carbons (Fsp3) is 0.542. The van der Waals surface area contributed by atoms with Crippen molar-refractivity contribution in [1.82, 2.24) is 5.32 Å². The maximum atomic E-state index is 12.4. The number of carboxylic acid groups (broad SMARTS) is 1. The molecule has 2 rings (SSSR count). The molecule has 0 spiro atoms. The van der Waals surface area contributed by atoms with Crippen molar-refractivity contribution >= 4 is 22.8 Å². The van der Waals surface area contributed by atoms with Gasteiger partial charge in [-0.2, -0.15) is 0 Å². The number of aliphatic carboxylic acids is 1. The van der Waals surface area contributed by atoms with Crippen molar-refractivity contribution in [3.05, 3.63) is 39.7 Å². The smallest absolute Gasteiger partial charge is 0.339 e. The zero-order chi connectivity index (χ0) is 23.0. The predicted octanol–water partition coefficient (Wildman–Crippen LogP) is 4.22. The van der Waals surface area contributed by atoms with Crippen LogP contribution >= 0.6 is 0 Å². The molecule has 1 aromatic heterocycles. The van der Waals surface area contributed by atoms with E-state index in [2.05, 4.69) is 12.2 Å². The van der Waals surface area contributed by atoms with Gasteiger partial charge >= 0.3 is 11.6 Å². The average molecular weight is 432 g/mol. The van der Waals surface area contributed by atoms with Crippen LogP contribution in [-0.2, 0) is 16.0 Å². The molecule has 1 atom stereocenters. The molecular weight excluding hydrogens is 398 g/mol. The van der Waals surface area contributed by atoms with Crippen molar-refractivity contribution < 1.29 is 23.8 Å². The highest BCUT2D eigenvalue weighted by atomic mass is 16.5. The zero-order valence-corrected chi connectivity index (χ0v) is 18.8. The third-order valence-corrected chi connectivity index (χ3v) is 5.25. The molecule has 0 saturated carbocycles. The molecule has 7 nitrogen and oxygen atoms in total. The van der Waals surface area contributed by atoms with Crippen LogP contribution in [-0.4, -0.2) is 29.6 Å². The number of carbonyl (C=O) groups is 2. The second-order valence-corrected chi connectivity index (χ2v) is 8.34. The Hall–Kier alpha value is -2.83. The molecule has 31 heavy (non-hydrogen) atoms. The van der Waals surface area contributed by atoms with Gasteiger partial charge in [0.15, 0.2) is 6.61 Å². The molecule has 1 aromatic carbocycles. The summed E-state index contributed by atoms with van der Waals surface area (Å²) in [4.78, 5) is 35.8. The van der Waals surface area contributed by atoms with Crippen LogP contribution < -0.4 is 15.7 Å². The van der Waals surface area contributed by atoms with Crippen molar-refractivity contribution in [1.29, 1.82) is 0 Å². The summed E-state index contributed by atoms with van der Waals surface area (Å²) in [5, 5.41) is 12.5. The van der Waals surface area contributed by atoms with Gasteiger partial charge < -0.3 is 19.6 Å². The van der Waals surface area contributed by atoms with Gasteiger partial charge in [-0.25, -0.2) is 9.59 Å². The van der Waals surface area contributed by atoms with E-state index in [1.165, 1.54) is 0 Å². The van der Waals surface area contributed by atoms with Gasteiger partial charge in [-0.1, -0.05) is 40.0 Å². The fourth-order valence-electron chi connectivity index (χ4n) is 3.56. The molecule has 1 amide bonds. The number of rotatable bonds is 12. The van der Waals surface area contributed by atoms with Gasteiger partial charge in [0, 0.05) is 17.0 Å². The molecular formula is C24H33NO6. The summed E-state index contributed by atoms with van der Waals surface area (Å²) in [5.41, 5.74) is 1.68. The minimum absolute atomic E-state index is 0.130. The molecule has 0 aliphatic carbocycles. The van der Waals surface area contributed by atoms with Gasteiger partial charge in [-0.3, -0.25) is 4.79 Å². The number of carboxylic acids is 1. The lowest BCUT2D eigenvalue weighted by Gasteiger charge is -2.16. The van der Waals surface area contributed by atoms with Crippen molar-refractivity contribution in [3.63, 3.8) is 0 Å². The van der Waals surface area contributed by atoms with E-state index >= 15 is 0 Å². The van der Waals surface area contributed by atoms with E-state index in [-0.39, 0.29) is 18.2 Å². The molecule has 170 valence electrons. The standard InChI is InChI=1S/C24H33NO6/c1-5-6-7-8-9-19-16(4)18-11-10-17(13-21(18)31-24(19)29)30-14-22(26)25-20(23(27)28)12-15(2)3/h10-11,13,15,20H,5-9,12,14H2,1-4H3,(H,25,26)(H,27,28). The molecule has 7 heteroatoms. The highest BCUT2D eigenvalue weighted by Crippen LogP contribution is 2.25. The van der Waals surface area contributed by atoms with E-state index in [0.717, 1.165) is 36.6 Å². The molecule has 1 heterocycles. The first-order valence-corrected chi connectivity index (χ1v) is 10.9. The van der Waals surface area contributed by atoms with Gasteiger partial charge in [0.25, 0.3) is 5.91 Å². The Kier molecular flexibility index (Phi) is 9.09. The average Bonchev–Trinajstić information content (AvgIpc) is 2.70. The monoisotopic (exact) mass is 431 g/mol. The van der Waals surface area contributed by atoms with Crippen molar-refractivity contribution in [2.45, 2.75) is 72.3 Å². The molecule has 0 aliphatic heterocycles. The summed E-state index contributed by atoms with van der Waals surface area (Å²) in [7, 11) is 0. The van der Waals surface area contributed by atoms with Crippen LogP contribution in [0, 0.1) is 12.8 Å². The Morgan fingerprint density at radius 1 is 1.19 bits per heavy atom. The number of nitrogens with one attached hydrogen (secondary N) is 1. The Bertz CT molecular complexity index is 962. The summed E-state index contributed by atoms with van der Waals surface area (Å²) >= 11 is 0. The lowest BCUT2D eigenvalue weighted by atomic mass is 10.0. The van der Waals surface area contributed by atoms with E-state index < -0.39 is 17.9 Å². The number of aryl methyl sites for hydroxylation is 1. The fourth-order valence-corrected chi connectivity index (χ4v) is 3.56. The molecule has 0 fully saturated rings. The summed E-state index contributed by atoms with van der Waals surface area (Å²) in [6.45, 7) is 7.52. The SMILES string of the molecule is CCCCCCc1c(C)c2ccc(OCC(=O)NC(CC(C)C)C(=O)O)cc2oc1=O. The van der Waals surface area contributed by atoms with E-state index in [1.807, 2.05) is 26.8 Å². The number of ether oxygens (including phenoxy) is 1. The third-order valence-electron chi connectivity index (χ3n) is 5.25. The van der Waals surface area contributed by atoms with Gasteiger partial charge in [0.2, 0.25) is 0 Å². The van der Waals surface area contributed by atoms with Crippen LogP contribution in [0.15, 0.2) is 27.4 Å². The number of hydrogen-bond donors (Lipinski definition) is 2. The van der Waals surface area contributed by atoms with Gasteiger partial charge in [-0.05, 0) is 49.8 Å². The maximum Gasteiger partial charge on any atom is 0.339 e. The largest absolute Gasteiger partial charge is 0.484 e. The third kappa shape index (κ3) is 7.12. The highest BCUT2D eigenvalue weighted by molar-refractivity contribution is 5.85. The number of unbranched alkanes of at least 4 members (excludes halogenated alkanes) is 3. The van der Waals surface area contributed by atoms with E-state index in [0.29, 0.717) is 29.7 Å². The number of fused-ring (bicyclic) bond motifs is 1. The van der Waals surface area contributed by atoms with E-state index in [9.17, 15) is 19.5 Å². The van der Waals surface area contributed by atoms with Crippen LogP contribution in [0.1, 0.15) is 64.0 Å². The first-order valence-electron chi connectivity index (χ1n) is 10.9. The topological polar surface area (TPSA) is 106 Å². The van der Waals surface area contributed by atoms with Gasteiger partial charge in [-0.15, -0.1) is 0 Å². The van der Waals surface area contributed by atoms with Crippen LogP contribution in [0.25, 0.3) is 11.0 Å². The minimum Gasteiger partial charge on any atom is -0.484 e. The highest BCUT2D eigenvalue weighted by Gasteiger charge is 2.21. The number of benzene rings is 1. The first-order chi connectivity index (χ1) is 14.7. The summed E-state index contributed by atoms with van der Waals surface area (Å²) in [6, 6.07) is 4.16. The molecule has 2 aromatic rings. The quantitative estimate of drug-likeness (QED) is 0.385. The van der Waals surface area contributed by atoms with Crippen LogP contribution in [0.2, 0.25) is 0 Å². The van der Waals surface area contributed by atoms with Crippen molar-refractivity contribution in [2.75, 3.05) is 6.61 Å². The Labute approximate surface area is 182 Å². The summed E-state index contributed by atoms with van der Waals surface area (Å²) < 4.78 is 11.0. The second-order valence-electron chi connectivity index (χ2n) is 8.34. The zero-order valence-electron chi connectivity index (χ0n) is 18.8. The van der Waals surface area contributed by atoms with Crippen LogP contribution in [0.3, 0.4) is 0 Å². The Morgan fingerprint density at radius 2 is 1.94 bits per heavy atom. The second kappa shape index (κ2) is 11.5. The number of hydrogen-bond acceptors (Lipinski definition) is 5. The summed E-state index contributed by atoms with van der Waals surface area (Å²) in [6.07, 6.45) is 5.36. The van der Waals surface area contributed by atoms with Gasteiger partial charge in [0.1, 0.15) is 17.4 Å². The van der Waals surface area contributed by atoms with Gasteiger partial charge in [0.05, 0.1) is 0 Å². The molecule has 0 aliphatic rings. The molecule has 0 bridgehead atoms. The van der Waals surface area contributed by atoms with E-state index in [1.54, 1.807) is 12.1 Å². The number of carbonyl (C=O) groups excluding carboxylic acids is 1. The normalized spacial score (nSPS) is 12.2. The lowest BCUT2D eigenvalue weighted by Crippen LogP contribution is -2.43. The Morgan fingerprint density at radius 3 is 2.58 bits per heavy atom. The minimum atomic E-state index is -1.07. The molecule has 0 saturated heterocycles. The maximum absolute atomic E-state index is 12.4. The molecule has 0 radical (unpaired) electrons. The Balaban J connectivity index is 2.06. The van der Waals surface area contributed by atoms with Crippen LogP contribution in [0.4, 0.5) is 0 Å².